The molecule has 2 aliphatic rings. The van der Waals surface area contributed by atoms with E-state index < -0.39 is 0 Å². The van der Waals surface area contributed by atoms with Crippen LogP contribution in [0.4, 0.5) is 0 Å². The molecule has 1 amide bonds. The summed E-state index contributed by atoms with van der Waals surface area (Å²) in [6.07, 6.45) is 5.48. The fourth-order valence-corrected chi connectivity index (χ4v) is 3.97. The van der Waals surface area contributed by atoms with E-state index in [1.807, 2.05) is 18.0 Å². The Labute approximate surface area is 133 Å². The second-order valence-corrected chi connectivity index (χ2v) is 6.97. The van der Waals surface area contributed by atoms with Gasteiger partial charge in [-0.1, -0.05) is 42.0 Å². The van der Waals surface area contributed by atoms with Crippen LogP contribution in [0.15, 0.2) is 35.9 Å². The molecule has 0 aliphatic carbocycles. The zero-order valence-corrected chi connectivity index (χ0v) is 13.7. The molecule has 0 bridgehead atoms. The van der Waals surface area contributed by atoms with Crippen LogP contribution in [0.5, 0.6) is 0 Å². The van der Waals surface area contributed by atoms with Gasteiger partial charge in [-0.3, -0.25) is 9.69 Å². The van der Waals surface area contributed by atoms with E-state index >= 15 is 0 Å². The van der Waals surface area contributed by atoms with E-state index in [9.17, 15) is 4.79 Å². The van der Waals surface area contributed by atoms with E-state index in [1.54, 1.807) is 0 Å². The van der Waals surface area contributed by atoms with Gasteiger partial charge in [0, 0.05) is 26.7 Å². The van der Waals surface area contributed by atoms with Gasteiger partial charge in [0.1, 0.15) is 0 Å². The van der Waals surface area contributed by atoms with Crippen LogP contribution in [0, 0.1) is 5.41 Å². The first-order valence-corrected chi connectivity index (χ1v) is 8.29. The summed E-state index contributed by atoms with van der Waals surface area (Å²) in [5.74, 6) is 0.367. The summed E-state index contributed by atoms with van der Waals surface area (Å²) in [5, 5.41) is 0. The Hall–Kier alpha value is -1.61. The van der Waals surface area contributed by atoms with Crippen molar-refractivity contribution in [2.75, 3.05) is 33.2 Å². The number of amides is 1. The van der Waals surface area contributed by atoms with E-state index in [-0.39, 0.29) is 5.41 Å². The Morgan fingerprint density at radius 3 is 2.77 bits per heavy atom. The lowest BCUT2D eigenvalue weighted by atomic mass is 9.78. The van der Waals surface area contributed by atoms with Gasteiger partial charge in [-0.15, -0.1) is 0 Å². The van der Waals surface area contributed by atoms with Crippen molar-refractivity contribution in [1.82, 2.24) is 9.80 Å². The number of benzene rings is 1. The Morgan fingerprint density at radius 2 is 2.00 bits per heavy atom. The summed E-state index contributed by atoms with van der Waals surface area (Å²) in [6, 6.07) is 10.5. The minimum Gasteiger partial charge on any atom is -0.345 e. The fourth-order valence-electron chi connectivity index (χ4n) is 3.97. The standard InChI is InChI=1S/C19H26N2O/c1-16(13-17-7-4-3-5-8-17)14-21-12-10-19(15-21)9-6-11-20(2)18(19)22/h3-5,7-8,13H,6,9-12,14-15H2,1-2H3/b16-13+. The lowest BCUT2D eigenvalue weighted by Gasteiger charge is -2.37. The molecule has 2 aliphatic heterocycles. The molecule has 2 heterocycles. The average Bonchev–Trinajstić information content (AvgIpc) is 2.89. The van der Waals surface area contributed by atoms with E-state index in [2.05, 4.69) is 42.2 Å². The van der Waals surface area contributed by atoms with E-state index in [0.717, 1.165) is 45.4 Å². The van der Waals surface area contributed by atoms with Crippen molar-refractivity contribution in [2.24, 2.45) is 5.41 Å². The molecule has 1 unspecified atom stereocenters. The number of hydrogen-bond acceptors (Lipinski definition) is 2. The zero-order chi connectivity index (χ0) is 15.6. The maximum atomic E-state index is 12.6. The first-order valence-electron chi connectivity index (χ1n) is 8.29. The van der Waals surface area contributed by atoms with E-state index in [1.165, 1.54) is 11.1 Å². The summed E-state index contributed by atoms with van der Waals surface area (Å²) in [4.78, 5) is 16.9. The van der Waals surface area contributed by atoms with Gasteiger partial charge in [-0.2, -0.15) is 0 Å². The van der Waals surface area contributed by atoms with Gasteiger partial charge < -0.3 is 4.90 Å². The first-order chi connectivity index (χ1) is 10.6. The van der Waals surface area contributed by atoms with Gasteiger partial charge in [0.2, 0.25) is 5.91 Å². The molecule has 1 aromatic rings. The van der Waals surface area contributed by atoms with Crippen LogP contribution in [0.1, 0.15) is 31.7 Å². The summed E-state index contributed by atoms with van der Waals surface area (Å²) in [6.45, 7) is 6.05. The third-order valence-electron chi connectivity index (χ3n) is 5.07. The third kappa shape index (κ3) is 3.09. The van der Waals surface area contributed by atoms with Gasteiger partial charge in [-0.25, -0.2) is 0 Å². The molecule has 2 saturated heterocycles. The Morgan fingerprint density at radius 1 is 1.23 bits per heavy atom. The van der Waals surface area contributed by atoms with Crippen molar-refractivity contribution in [1.29, 1.82) is 0 Å². The van der Waals surface area contributed by atoms with Gasteiger partial charge in [0.15, 0.2) is 0 Å². The molecule has 0 saturated carbocycles. The lowest BCUT2D eigenvalue weighted by Crippen LogP contribution is -2.48. The van der Waals surface area contributed by atoms with Gasteiger partial charge >= 0.3 is 0 Å². The minimum atomic E-state index is -0.0972. The molecule has 3 heteroatoms. The highest BCUT2D eigenvalue weighted by Gasteiger charge is 2.47. The van der Waals surface area contributed by atoms with Crippen molar-refractivity contribution in [3.8, 4) is 0 Å². The minimum absolute atomic E-state index is 0.0972. The molecule has 3 nitrogen and oxygen atoms in total. The van der Waals surface area contributed by atoms with Crippen LogP contribution < -0.4 is 0 Å². The zero-order valence-electron chi connectivity index (χ0n) is 13.7. The smallest absolute Gasteiger partial charge is 0.229 e. The summed E-state index contributed by atoms with van der Waals surface area (Å²) >= 11 is 0. The molecule has 3 rings (SSSR count). The molecule has 1 aromatic carbocycles. The van der Waals surface area contributed by atoms with Gasteiger partial charge in [-0.05, 0) is 38.3 Å². The molecular formula is C19H26N2O. The largest absolute Gasteiger partial charge is 0.345 e. The van der Waals surface area contributed by atoms with Gasteiger partial charge in [0.05, 0.1) is 5.41 Å². The first kappa shape index (κ1) is 15.3. The quantitative estimate of drug-likeness (QED) is 0.856. The topological polar surface area (TPSA) is 23.6 Å². The Kier molecular flexibility index (Phi) is 4.34. The van der Waals surface area contributed by atoms with E-state index in [4.69, 9.17) is 0 Å². The number of carbonyl (C=O) groups is 1. The second kappa shape index (κ2) is 6.25. The molecule has 0 radical (unpaired) electrons. The molecule has 0 N–H and O–H groups in total. The van der Waals surface area contributed by atoms with Gasteiger partial charge in [0.25, 0.3) is 0 Å². The van der Waals surface area contributed by atoms with Crippen LogP contribution >= 0.6 is 0 Å². The van der Waals surface area contributed by atoms with Crippen molar-refractivity contribution < 1.29 is 4.79 Å². The Balaban J connectivity index is 1.63. The highest BCUT2D eigenvalue weighted by Crippen LogP contribution is 2.39. The number of nitrogens with zero attached hydrogens (tertiary/aromatic N) is 2. The number of piperidine rings is 1. The van der Waals surface area contributed by atoms with E-state index in [0.29, 0.717) is 5.91 Å². The maximum Gasteiger partial charge on any atom is 0.229 e. The van der Waals surface area contributed by atoms with Crippen molar-refractivity contribution >= 4 is 12.0 Å². The highest BCUT2D eigenvalue weighted by atomic mass is 16.2. The van der Waals surface area contributed by atoms with Crippen LogP contribution in [-0.2, 0) is 4.79 Å². The van der Waals surface area contributed by atoms with Crippen molar-refractivity contribution in [3.05, 3.63) is 41.5 Å². The number of carbonyl (C=O) groups excluding carboxylic acids is 1. The van der Waals surface area contributed by atoms with Crippen molar-refractivity contribution in [3.63, 3.8) is 0 Å². The third-order valence-corrected chi connectivity index (χ3v) is 5.07. The average molecular weight is 298 g/mol. The summed E-state index contributed by atoms with van der Waals surface area (Å²) in [5.41, 5.74) is 2.52. The lowest BCUT2D eigenvalue weighted by molar-refractivity contribution is -0.143. The molecule has 1 atom stereocenters. The number of likely N-dealkylation sites (tertiary alicyclic amines) is 2. The SMILES string of the molecule is C/C(=C\c1ccccc1)CN1CCC2(CCCN(C)C2=O)C1. The predicted molar refractivity (Wildman–Crippen MR) is 90.5 cm³/mol. The Bertz CT molecular complexity index is 566. The molecule has 0 aromatic heterocycles. The molecule has 22 heavy (non-hydrogen) atoms. The maximum absolute atomic E-state index is 12.6. The molecule has 1 spiro atoms. The highest BCUT2D eigenvalue weighted by molar-refractivity contribution is 5.84. The predicted octanol–water partition coefficient (Wildman–Crippen LogP) is 3.03. The van der Waals surface area contributed by atoms with Crippen LogP contribution in [-0.4, -0.2) is 48.9 Å². The summed E-state index contributed by atoms with van der Waals surface area (Å²) < 4.78 is 0. The van der Waals surface area contributed by atoms with Crippen LogP contribution in [0.25, 0.3) is 6.08 Å². The molecule has 118 valence electrons. The normalized spacial score (nSPS) is 26.9. The molecular weight excluding hydrogens is 272 g/mol. The van der Waals surface area contributed by atoms with Crippen LogP contribution in [0.2, 0.25) is 0 Å². The number of hydrogen-bond donors (Lipinski definition) is 0. The molecule has 2 fully saturated rings. The van der Waals surface area contributed by atoms with Crippen molar-refractivity contribution in [2.45, 2.75) is 26.2 Å². The number of rotatable bonds is 3. The van der Waals surface area contributed by atoms with Crippen LogP contribution in [0.3, 0.4) is 0 Å². The monoisotopic (exact) mass is 298 g/mol. The summed E-state index contributed by atoms with van der Waals surface area (Å²) in [7, 11) is 1.95. The fraction of sp³-hybridized carbons (Fsp3) is 0.526. The second-order valence-electron chi connectivity index (χ2n) is 6.97.